The molecule has 15 heavy (non-hydrogen) atoms. The predicted molar refractivity (Wildman–Crippen MR) is 57.6 cm³/mol. The zero-order valence-corrected chi connectivity index (χ0v) is 9.47. The molecule has 0 heterocycles. The lowest BCUT2D eigenvalue weighted by atomic mass is 9.90. The Kier molecular flexibility index (Phi) is 2.56. The Labute approximate surface area is 89.9 Å². The maximum absolute atomic E-state index is 11.3. The highest BCUT2D eigenvalue weighted by Gasteiger charge is 2.22. The first-order valence-electron chi connectivity index (χ1n) is 5.09. The van der Waals surface area contributed by atoms with Crippen LogP contribution in [0.4, 0.5) is 0 Å². The summed E-state index contributed by atoms with van der Waals surface area (Å²) < 4.78 is 31.8. The summed E-state index contributed by atoms with van der Waals surface area (Å²) in [5, 5.41) is 0. The van der Waals surface area contributed by atoms with Crippen molar-refractivity contribution >= 4 is 10.1 Å². The van der Waals surface area contributed by atoms with Crippen LogP contribution in [-0.2, 0) is 23.0 Å². The normalized spacial score (nSPS) is 16.1. The first-order valence-corrected chi connectivity index (χ1v) is 6.53. The second-order valence-corrected chi connectivity index (χ2v) is 5.39. The van der Waals surface area contributed by atoms with Crippen LogP contribution >= 0.6 is 0 Å². The molecule has 0 spiro atoms. The molecule has 0 aliphatic heterocycles. The van der Waals surface area contributed by atoms with Gasteiger partial charge in [0.1, 0.15) is 4.90 Å². The fraction of sp³-hybridized carbons (Fsp3) is 0.455. The lowest BCUT2D eigenvalue weighted by molar-refractivity contribution is 0.480. The van der Waals surface area contributed by atoms with Crippen LogP contribution in [0.15, 0.2) is 17.0 Å². The molecular formula is C11H14O3S. The van der Waals surface area contributed by atoms with E-state index in [-0.39, 0.29) is 4.90 Å². The molecule has 0 saturated heterocycles. The van der Waals surface area contributed by atoms with Gasteiger partial charge in [-0.05, 0) is 49.3 Å². The summed E-state index contributed by atoms with van der Waals surface area (Å²) in [5.74, 6) is 0. The highest BCUT2D eigenvalue weighted by molar-refractivity contribution is 7.86. The van der Waals surface area contributed by atoms with Gasteiger partial charge in [-0.3, -0.25) is 4.55 Å². The van der Waals surface area contributed by atoms with E-state index in [0.717, 1.165) is 36.8 Å². The zero-order chi connectivity index (χ0) is 11.1. The van der Waals surface area contributed by atoms with Crippen LogP contribution in [0.2, 0.25) is 0 Å². The van der Waals surface area contributed by atoms with Crippen molar-refractivity contribution in [2.45, 2.75) is 37.5 Å². The van der Waals surface area contributed by atoms with E-state index < -0.39 is 10.1 Å². The molecule has 82 valence electrons. The minimum Gasteiger partial charge on any atom is -0.282 e. The molecule has 1 aromatic rings. The molecule has 3 nitrogen and oxygen atoms in total. The molecule has 1 aromatic carbocycles. The molecule has 0 saturated carbocycles. The molecule has 0 bridgehead atoms. The molecule has 0 aromatic heterocycles. The molecule has 0 fully saturated rings. The summed E-state index contributed by atoms with van der Waals surface area (Å²) in [6, 6.07) is 3.74. The van der Waals surface area contributed by atoms with Crippen LogP contribution in [0.5, 0.6) is 0 Å². The van der Waals surface area contributed by atoms with E-state index in [0.29, 0.717) is 5.56 Å². The van der Waals surface area contributed by atoms with Crippen molar-refractivity contribution in [3.05, 3.63) is 28.8 Å². The quantitative estimate of drug-likeness (QED) is 0.746. The minimum atomic E-state index is -4.07. The summed E-state index contributed by atoms with van der Waals surface area (Å²) in [6.07, 6.45) is 3.77. The number of benzene rings is 1. The SMILES string of the molecule is Cc1ccc2c(c1S(=O)(=O)O)CCCC2. The molecule has 1 aliphatic carbocycles. The van der Waals surface area contributed by atoms with E-state index in [2.05, 4.69) is 0 Å². The molecule has 0 amide bonds. The number of rotatable bonds is 1. The zero-order valence-electron chi connectivity index (χ0n) is 8.66. The molecule has 1 aliphatic rings. The largest absolute Gasteiger partial charge is 0.295 e. The molecule has 1 N–H and O–H groups in total. The third-order valence-corrected chi connectivity index (χ3v) is 4.02. The Bertz CT molecular complexity index is 489. The first kappa shape index (κ1) is 10.6. The first-order chi connectivity index (χ1) is 7.00. The number of hydrogen-bond donors (Lipinski definition) is 1. The lowest BCUT2D eigenvalue weighted by Crippen LogP contribution is -2.12. The molecular weight excluding hydrogens is 212 g/mol. The predicted octanol–water partition coefficient (Wildman–Crippen LogP) is 2.12. The van der Waals surface area contributed by atoms with E-state index in [9.17, 15) is 13.0 Å². The number of hydrogen-bond acceptors (Lipinski definition) is 2. The smallest absolute Gasteiger partial charge is 0.282 e. The fourth-order valence-electron chi connectivity index (χ4n) is 2.27. The van der Waals surface area contributed by atoms with Gasteiger partial charge in [-0.1, -0.05) is 12.1 Å². The van der Waals surface area contributed by atoms with E-state index in [1.54, 1.807) is 13.0 Å². The van der Waals surface area contributed by atoms with Gasteiger partial charge < -0.3 is 0 Å². The summed E-state index contributed by atoms with van der Waals surface area (Å²) in [7, 11) is -4.07. The van der Waals surface area contributed by atoms with Crippen molar-refractivity contribution in [2.24, 2.45) is 0 Å². The van der Waals surface area contributed by atoms with Gasteiger partial charge in [0.2, 0.25) is 0 Å². The van der Waals surface area contributed by atoms with Crippen LogP contribution in [-0.4, -0.2) is 13.0 Å². The Morgan fingerprint density at radius 3 is 2.53 bits per heavy atom. The average Bonchev–Trinajstić information content (AvgIpc) is 2.15. The molecule has 0 unspecified atom stereocenters. The average molecular weight is 226 g/mol. The third kappa shape index (κ3) is 1.92. The molecule has 0 radical (unpaired) electrons. The van der Waals surface area contributed by atoms with Gasteiger partial charge in [-0.25, -0.2) is 0 Å². The van der Waals surface area contributed by atoms with E-state index in [1.165, 1.54) is 0 Å². The van der Waals surface area contributed by atoms with E-state index >= 15 is 0 Å². The summed E-state index contributed by atoms with van der Waals surface area (Å²) >= 11 is 0. The standard InChI is InChI=1S/C11H14O3S/c1-8-6-7-9-4-2-3-5-10(9)11(8)15(12,13)14/h6-7H,2-5H2,1H3,(H,12,13,14). The maximum atomic E-state index is 11.3. The minimum absolute atomic E-state index is 0.139. The number of fused-ring (bicyclic) bond motifs is 1. The van der Waals surface area contributed by atoms with E-state index in [4.69, 9.17) is 0 Å². The number of aryl methyl sites for hydroxylation is 2. The van der Waals surface area contributed by atoms with Crippen LogP contribution in [0.1, 0.15) is 29.5 Å². The van der Waals surface area contributed by atoms with Crippen molar-refractivity contribution in [1.82, 2.24) is 0 Å². The monoisotopic (exact) mass is 226 g/mol. The third-order valence-electron chi connectivity index (χ3n) is 2.94. The van der Waals surface area contributed by atoms with Crippen molar-refractivity contribution < 1.29 is 13.0 Å². The second kappa shape index (κ2) is 3.61. The van der Waals surface area contributed by atoms with Crippen LogP contribution in [0.25, 0.3) is 0 Å². The topological polar surface area (TPSA) is 54.4 Å². The second-order valence-electron chi connectivity index (χ2n) is 4.03. The Hall–Kier alpha value is -0.870. The van der Waals surface area contributed by atoms with Crippen LogP contribution in [0, 0.1) is 6.92 Å². The summed E-state index contributed by atoms with van der Waals surface area (Å²) in [5.41, 5.74) is 2.53. The van der Waals surface area contributed by atoms with Crippen LogP contribution < -0.4 is 0 Å². The van der Waals surface area contributed by atoms with Gasteiger partial charge in [0.25, 0.3) is 10.1 Å². The molecule has 4 heteroatoms. The Morgan fingerprint density at radius 2 is 1.87 bits per heavy atom. The van der Waals surface area contributed by atoms with Crippen molar-refractivity contribution in [3.63, 3.8) is 0 Å². The Balaban J connectivity index is 2.71. The molecule has 0 atom stereocenters. The molecule has 2 rings (SSSR count). The lowest BCUT2D eigenvalue weighted by Gasteiger charge is -2.19. The Morgan fingerprint density at radius 1 is 1.20 bits per heavy atom. The highest BCUT2D eigenvalue weighted by Crippen LogP contribution is 2.29. The van der Waals surface area contributed by atoms with Gasteiger partial charge in [0, 0.05) is 0 Å². The van der Waals surface area contributed by atoms with Crippen molar-refractivity contribution in [2.75, 3.05) is 0 Å². The van der Waals surface area contributed by atoms with Gasteiger partial charge in [-0.15, -0.1) is 0 Å². The maximum Gasteiger partial charge on any atom is 0.295 e. The van der Waals surface area contributed by atoms with Gasteiger partial charge in [0.05, 0.1) is 0 Å². The fourth-order valence-corrected chi connectivity index (χ4v) is 3.29. The van der Waals surface area contributed by atoms with E-state index in [1.807, 2.05) is 6.07 Å². The van der Waals surface area contributed by atoms with Gasteiger partial charge >= 0.3 is 0 Å². The van der Waals surface area contributed by atoms with Gasteiger partial charge in [-0.2, -0.15) is 8.42 Å². The van der Waals surface area contributed by atoms with Gasteiger partial charge in [0.15, 0.2) is 0 Å². The van der Waals surface area contributed by atoms with Crippen molar-refractivity contribution in [1.29, 1.82) is 0 Å². The summed E-state index contributed by atoms with van der Waals surface area (Å²) in [4.78, 5) is 0.139. The summed E-state index contributed by atoms with van der Waals surface area (Å²) in [6.45, 7) is 1.72. The highest BCUT2D eigenvalue weighted by atomic mass is 32.2. The van der Waals surface area contributed by atoms with Crippen LogP contribution in [0.3, 0.4) is 0 Å². The van der Waals surface area contributed by atoms with Crippen molar-refractivity contribution in [3.8, 4) is 0 Å².